The van der Waals surface area contributed by atoms with Crippen LogP contribution < -0.4 is 10.2 Å². The normalized spacial score (nSPS) is 22.6. The van der Waals surface area contributed by atoms with Crippen molar-refractivity contribution >= 4 is 23.2 Å². The SMILES string of the molecule is O=C1CN(C(=O)C2CCCOC2)c2ccccc2N1. The van der Waals surface area contributed by atoms with E-state index < -0.39 is 0 Å². The van der Waals surface area contributed by atoms with Crippen LogP contribution in [-0.4, -0.2) is 31.6 Å². The van der Waals surface area contributed by atoms with Crippen molar-refractivity contribution < 1.29 is 14.3 Å². The van der Waals surface area contributed by atoms with Gasteiger partial charge < -0.3 is 15.0 Å². The Balaban J connectivity index is 1.87. The first kappa shape index (κ1) is 12.2. The molecule has 1 saturated heterocycles. The number of amides is 2. The van der Waals surface area contributed by atoms with Crippen LogP contribution in [0.4, 0.5) is 11.4 Å². The molecule has 19 heavy (non-hydrogen) atoms. The molecule has 0 saturated carbocycles. The molecule has 0 aromatic heterocycles. The van der Waals surface area contributed by atoms with Crippen LogP contribution in [0.3, 0.4) is 0 Å². The Morgan fingerprint density at radius 1 is 1.37 bits per heavy atom. The summed E-state index contributed by atoms with van der Waals surface area (Å²) in [6, 6.07) is 7.38. The summed E-state index contributed by atoms with van der Waals surface area (Å²) in [5, 5.41) is 2.78. The Bertz CT molecular complexity index is 509. The zero-order chi connectivity index (χ0) is 13.2. The Morgan fingerprint density at radius 2 is 2.21 bits per heavy atom. The molecule has 1 atom stereocenters. The van der Waals surface area contributed by atoms with E-state index in [1.165, 1.54) is 0 Å². The van der Waals surface area contributed by atoms with Crippen molar-refractivity contribution in [2.24, 2.45) is 5.92 Å². The van der Waals surface area contributed by atoms with Gasteiger partial charge in [0.15, 0.2) is 0 Å². The third-order valence-corrected chi connectivity index (χ3v) is 3.55. The van der Waals surface area contributed by atoms with Crippen molar-refractivity contribution in [3.8, 4) is 0 Å². The van der Waals surface area contributed by atoms with Crippen LogP contribution in [0.25, 0.3) is 0 Å². The summed E-state index contributed by atoms with van der Waals surface area (Å²) in [5.74, 6) is -0.293. The second-order valence-electron chi connectivity index (χ2n) is 4.90. The summed E-state index contributed by atoms with van der Waals surface area (Å²) >= 11 is 0. The standard InChI is InChI=1S/C14H16N2O3/c17-13-8-16(12-6-2-1-5-11(12)15-13)14(18)10-4-3-7-19-9-10/h1-2,5-6,10H,3-4,7-9H2,(H,15,17). The second-order valence-corrected chi connectivity index (χ2v) is 4.90. The monoisotopic (exact) mass is 260 g/mol. The summed E-state index contributed by atoms with van der Waals surface area (Å²) in [6.07, 6.45) is 1.73. The van der Waals surface area contributed by atoms with Gasteiger partial charge in [-0.25, -0.2) is 0 Å². The first-order valence-corrected chi connectivity index (χ1v) is 6.54. The fourth-order valence-corrected chi connectivity index (χ4v) is 2.59. The Morgan fingerprint density at radius 3 is 3.00 bits per heavy atom. The molecule has 1 N–H and O–H groups in total. The van der Waals surface area contributed by atoms with Crippen LogP contribution in [0, 0.1) is 5.92 Å². The van der Waals surface area contributed by atoms with E-state index in [1.807, 2.05) is 24.3 Å². The van der Waals surface area contributed by atoms with Gasteiger partial charge in [-0.15, -0.1) is 0 Å². The molecule has 1 fully saturated rings. The summed E-state index contributed by atoms with van der Waals surface area (Å²) in [6.45, 7) is 1.27. The molecule has 0 spiro atoms. The maximum Gasteiger partial charge on any atom is 0.244 e. The highest BCUT2D eigenvalue weighted by Gasteiger charge is 2.32. The maximum absolute atomic E-state index is 12.5. The molecule has 2 heterocycles. The molecule has 2 amide bonds. The lowest BCUT2D eigenvalue weighted by atomic mass is 9.99. The van der Waals surface area contributed by atoms with Crippen LogP contribution in [0.2, 0.25) is 0 Å². The molecule has 0 bridgehead atoms. The number of ether oxygens (including phenoxy) is 1. The lowest BCUT2D eigenvalue weighted by molar-refractivity contribution is -0.128. The molecular formula is C14H16N2O3. The van der Waals surface area contributed by atoms with Crippen molar-refractivity contribution in [2.45, 2.75) is 12.8 Å². The quantitative estimate of drug-likeness (QED) is 0.830. The number of para-hydroxylation sites is 2. The smallest absolute Gasteiger partial charge is 0.244 e. The number of nitrogens with one attached hydrogen (secondary N) is 1. The van der Waals surface area contributed by atoms with Crippen molar-refractivity contribution in [3.63, 3.8) is 0 Å². The average molecular weight is 260 g/mol. The average Bonchev–Trinajstić information content (AvgIpc) is 2.46. The molecule has 1 aromatic carbocycles. The van der Waals surface area contributed by atoms with E-state index in [2.05, 4.69) is 5.32 Å². The van der Waals surface area contributed by atoms with Crippen LogP contribution in [0.1, 0.15) is 12.8 Å². The number of carbonyl (C=O) groups excluding carboxylic acids is 2. The summed E-state index contributed by atoms with van der Waals surface area (Å²) in [5.41, 5.74) is 1.47. The summed E-state index contributed by atoms with van der Waals surface area (Å²) in [7, 11) is 0. The highest BCUT2D eigenvalue weighted by molar-refractivity contribution is 6.10. The topological polar surface area (TPSA) is 58.6 Å². The van der Waals surface area contributed by atoms with Gasteiger partial charge in [0.1, 0.15) is 6.54 Å². The first-order valence-electron chi connectivity index (χ1n) is 6.54. The molecule has 5 nitrogen and oxygen atoms in total. The van der Waals surface area contributed by atoms with E-state index in [-0.39, 0.29) is 24.3 Å². The maximum atomic E-state index is 12.5. The molecule has 5 heteroatoms. The Hall–Kier alpha value is -1.88. The van der Waals surface area contributed by atoms with E-state index in [0.717, 1.165) is 25.1 Å². The van der Waals surface area contributed by atoms with E-state index in [4.69, 9.17) is 4.74 Å². The number of fused-ring (bicyclic) bond motifs is 1. The minimum atomic E-state index is -0.149. The zero-order valence-corrected chi connectivity index (χ0v) is 10.6. The van der Waals surface area contributed by atoms with Crippen molar-refractivity contribution in [1.29, 1.82) is 0 Å². The summed E-state index contributed by atoms with van der Waals surface area (Å²) in [4.78, 5) is 25.8. The summed E-state index contributed by atoms with van der Waals surface area (Å²) < 4.78 is 5.36. The number of rotatable bonds is 1. The molecule has 1 aromatic rings. The van der Waals surface area contributed by atoms with E-state index in [1.54, 1.807) is 4.90 Å². The van der Waals surface area contributed by atoms with Gasteiger partial charge in [0.05, 0.1) is 23.9 Å². The third kappa shape index (κ3) is 2.33. The number of hydrogen-bond donors (Lipinski definition) is 1. The number of anilines is 2. The first-order chi connectivity index (χ1) is 9.25. The van der Waals surface area contributed by atoms with Crippen LogP contribution >= 0.6 is 0 Å². The molecule has 0 aliphatic carbocycles. The number of hydrogen-bond acceptors (Lipinski definition) is 3. The van der Waals surface area contributed by atoms with Crippen molar-refractivity contribution in [2.75, 3.05) is 30.0 Å². The number of nitrogens with zero attached hydrogens (tertiary/aromatic N) is 1. The Kier molecular flexibility index (Phi) is 3.21. The van der Waals surface area contributed by atoms with Gasteiger partial charge in [0.2, 0.25) is 11.8 Å². The van der Waals surface area contributed by atoms with Gasteiger partial charge in [-0.1, -0.05) is 12.1 Å². The van der Waals surface area contributed by atoms with Crippen molar-refractivity contribution in [3.05, 3.63) is 24.3 Å². The Labute approximate surface area is 111 Å². The van der Waals surface area contributed by atoms with Gasteiger partial charge in [0, 0.05) is 6.61 Å². The van der Waals surface area contributed by atoms with Crippen LogP contribution in [0.5, 0.6) is 0 Å². The minimum absolute atomic E-state index is 0.0120. The fraction of sp³-hybridized carbons (Fsp3) is 0.429. The van der Waals surface area contributed by atoms with E-state index in [0.29, 0.717) is 12.3 Å². The number of carbonyl (C=O) groups is 2. The lowest BCUT2D eigenvalue weighted by Crippen LogP contribution is -2.46. The van der Waals surface area contributed by atoms with Gasteiger partial charge in [0.25, 0.3) is 0 Å². The predicted octanol–water partition coefficient (Wildman–Crippen LogP) is 1.40. The van der Waals surface area contributed by atoms with Gasteiger partial charge in [-0.3, -0.25) is 9.59 Å². The van der Waals surface area contributed by atoms with Crippen LogP contribution in [-0.2, 0) is 14.3 Å². The van der Waals surface area contributed by atoms with Gasteiger partial charge >= 0.3 is 0 Å². The fourth-order valence-electron chi connectivity index (χ4n) is 2.59. The van der Waals surface area contributed by atoms with Gasteiger partial charge in [-0.2, -0.15) is 0 Å². The van der Waals surface area contributed by atoms with E-state index >= 15 is 0 Å². The second kappa shape index (κ2) is 5.01. The van der Waals surface area contributed by atoms with Crippen molar-refractivity contribution in [1.82, 2.24) is 0 Å². The molecule has 3 rings (SSSR count). The molecule has 100 valence electrons. The molecular weight excluding hydrogens is 244 g/mol. The van der Waals surface area contributed by atoms with E-state index in [9.17, 15) is 9.59 Å². The third-order valence-electron chi connectivity index (χ3n) is 3.55. The lowest BCUT2D eigenvalue weighted by Gasteiger charge is -2.33. The largest absolute Gasteiger partial charge is 0.381 e. The molecule has 2 aliphatic rings. The van der Waals surface area contributed by atoms with Gasteiger partial charge in [-0.05, 0) is 25.0 Å². The highest BCUT2D eigenvalue weighted by atomic mass is 16.5. The molecule has 1 unspecified atom stereocenters. The highest BCUT2D eigenvalue weighted by Crippen LogP contribution is 2.31. The predicted molar refractivity (Wildman–Crippen MR) is 71.0 cm³/mol. The zero-order valence-electron chi connectivity index (χ0n) is 10.6. The molecule has 2 aliphatic heterocycles. The minimum Gasteiger partial charge on any atom is -0.381 e. The van der Waals surface area contributed by atoms with Crippen LogP contribution in [0.15, 0.2) is 24.3 Å². The number of benzene rings is 1. The molecule has 0 radical (unpaired) electrons.